The molecule has 2 nitrogen and oxygen atoms in total. The van der Waals surface area contributed by atoms with Crippen LogP contribution in [0.15, 0.2) is 11.8 Å². The van der Waals surface area contributed by atoms with Crippen LogP contribution in [0.1, 0.15) is 0 Å². The summed E-state index contributed by atoms with van der Waals surface area (Å²) in [6.45, 7) is 0.627. The third kappa shape index (κ3) is 1.63. The van der Waals surface area contributed by atoms with Crippen LogP contribution in [0.3, 0.4) is 0 Å². The normalized spacial score (nSPS) is 26.0. The predicted molar refractivity (Wildman–Crippen MR) is 38.3 cm³/mol. The molecule has 0 radical (unpaired) electrons. The average molecular weight is 146 g/mol. The van der Waals surface area contributed by atoms with Gasteiger partial charge in [0.2, 0.25) is 0 Å². The molecule has 0 aliphatic carbocycles. The van der Waals surface area contributed by atoms with Gasteiger partial charge in [-0.05, 0) is 12.3 Å². The molecule has 0 amide bonds. The standard InChI is InChI=1S/C6H10O2S/c1-7-5-3-6(9-2)8-4-5/h3,6H,4H2,1-2H3. The van der Waals surface area contributed by atoms with E-state index >= 15 is 0 Å². The summed E-state index contributed by atoms with van der Waals surface area (Å²) in [4.78, 5) is 0. The van der Waals surface area contributed by atoms with Crippen LogP contribution in [0.4, 0.5) is 0 Å². The highest BCUT2D eigenvalue weighted by Crippen LogP contribution is 2.19. The van der Waals surface area contributed by atoms with Crippen LogP contribution < -0.4 is 0 Å². The Morgan fingerprint density at radius 3 is 3.00 bits per heavy atom. The fraction of sp³-hybridized carbons (Fsp3) is 0.667. The molecule has 3 heteroatoms. The average Bonchev–Trinajstić information content (AvgIpc) is 2.34. The van der Waals surface area contributed by atoms with Crippen molar-refractivity contribution in [1.82, 2.24) is 0 Å². The first kappa shape index (κ1) is 6.96. The van der Waals surface area contributed by atoms with Gasteiger partial charge in [-0.2, -0.15) is 0 Å². The number of hydrogen-bond donors (Lipinski definition) is 0. The lowest BCUT2D eigenvalue weighted by Crippen LogP contribution is -1.96. The van der Waals surface area contributed by atoms with Gasteiger partial charge < -0.3 is 9.47 Å². The molecule has 1 rings (SSSR count). The molecule has 0 bridgehead atoms. The van der Waals surface area contributed by atoms with Crippen LogP contribution in [0.5, 0.6) is 0 Å². The zero-order chi connectivity index (χ0) is 6.69. The maximum absolute atomic E-state index is 5.25. The zero-order valence-corrected chi connectivity index (χ0v) is 6.40. The Morgan fingerprint density at radius 2 is 2.67 bits per heavy atom. The van der Waals surface area contributed by atoms with Crippen LogP contribution in [-0.2, 0) is 9.47 Å². The van der Waals surface area contributed by atoms with Crippen molar-refractivity contribution in [2.24, 2.45) is 0 Å². The van der Waals surface area contributed by atoms with E-state index in [-0.39, 0.29) is 5.44 Å². The predicted octanol–water partition coefficient (Wildman–Crippen LogP) is 1.24. The van der Waals surface area contributed by atoms with E-state index in [1.54, 1.807) is 18.9 Å². The minimum Gasteiger partial charge on any atom is -0.499 e. The molecular formula is C6H10O2S. The van der Waals surface area contributed by atoms with Gasteiger partial charge in [0, 0.05) is 0 Å². The maximum atomic E-state index is 5.25. The summed E-state index contributed by atoms with van der Waals surface area (Å²) in [5.41, 5.74) is 0.208. The van der Waals surface area contributed by atoms with Gasteiger partial charge in [-0.15, -0.1) is 11.8 Å². The summed E-state index contributed by atoms with van der Waals surface area (Å²) in [5.74, 6) is 0.939. The van der Waals surface area contributed by atoms with Crippen LogP contribution in [0, 0.1) is 0 Å². The van der Waals surface area contributed by atoms with Gasteiger partial charge in [-0.3, -0.25) is 0 Å². The second-order valence-electron chi connectivity index (χ2n) is 1.75. The fourth-order valence-corrected chi connectivity index (χ4v) is 1.17. The molecule has 1 heterocycles. The summed E-state index contributed by atoms with van der Waals surface area (Å²) in [5, 5.41) is 0. The van der Waals surface area contributed by atoms with Crippen LogP contribution in [-0.4, -0.2) is 25.4 Å². The van der Waals surface area contributed by atoms with E-state index in [0.29, 0.717) is 6.61 Å². The minimum absolute atomic E-state index is 0.208. The molecule has 0 N–H and O–H groups in total. The Morgan fingerprint density at radius 1 is 1.89 bits per heavy atom. The summed E-state index contributed by atoms with van der Waals surface area (Å²) in [6, 6.07) is 0. The van der Waals surface area contributed by atoms with Gasteiger partial charge in [-0.25, -0.2) is 0 Å². The highest BCUT2D eigenvalue weighted by Gasteiger charge is 2.14. The smallest absolute Gasteiger partial charge is 0.125 e. The zero-order valence-electron chi connectivity index (χ0n) is 5.59. The van der Waals surface area contributed by atoms with Crippen LogP contribution in [0.2, 0.25) is 0 Å². The van der Waals surface area contributed by atoms with E-state index in [4.69, 9.17) is 9.47 Å². The number of rotatable bonds is 2. The molecule has 0 aromatic rings. The largest absolute Gasteiger partial charge is 0.499 e. The van der Waals surface area contributed by atoms with Gasteiger partial charge in [0.15, 0.2) is 0 Å². The Bertz CT molecular complexity index is 122. The highest BCUT2D eigenvalue weighted by atomic mass is 32.2. The molecule has 0 spiro atoms. The van der Waals surface area contributed by atoms with E-state index in [9.17, 15) is 0 Å². The number of hydrogen-bond acceptors (Lipinski definition) is 3. The third-order valence-corrected chi connectivity index (χ3v) is 1.94. The molecule has 1 unspecified atom stereocenters. The molecule has 9 heavy (non-hydrogen) atoms. The molecule has 1 aliphatic rings. The van der Waals surface area contributed by atoms with Crippen molar-refractivity contribution in [2.75, 3.05) is 20.0 Å². The quantitative estimate of drug-likeness (QED) is 0.584. The first-order valence-electron chi connectivity index (χ1n) is 2.76. The lowest BCUT2D eigenvalue weighted by atomic mass is 10.5. The van der Waals surface area contributed by atoms with E-state index in [1.807, 2.05) is 12.3 Å². The molecule has 0 aromatic carbocycles. The van der Waals surface area contributed by atoms with Crippen molar-refractivity contribution >= 4 is 11.8 Å². The van der Waals surface area contributed by atoms with Crippen molar-refractivity contribution < 1.29 is 9.47 Å². The molecule has 0 fully saturated rings. The Hall–Kier alpha value is -0.150. The Kier molecular flexibility index (Phi) is 2.42. The van der Waals surface area contributed by atoms with Gasteiger partial charge in [0.05, 0.1) is 7.11 Å². The molecule has 52 valence electrons. The van der Waals surface area contributed by atoms with Gasteiger partial charge in [0.1, 0.15) is 17.8 Å². The molecule has 1 atom stereocenters. The summed E-state index contributed by atoms with van der Waals surface area (Å²) in [6.07, 6.45) is 4.00. The van der Waals surface area contributed by atoms with Gasteiger partial charge >= 0.3 is 0 Å². The molecule has 0 saturated heterocycles. The first-order chi connectivity index (χ1) is 4.36. The molecular weight excluding hydrogens is 136 g/mol. The minimum atomic E-state index is 0.208. The Balaban J connectivity index is 2.40. The van der Waals surface area contributed by atoms with Crippen LogP contribution in [0.25, 0.3) is 0 Å². The van der Waals surface area contributed by atoms with E-state index in [0.717, 1.165) is 5.76 Å². The van der Waals surface area contributed by atoms with Gasteiger partial charge in [0.25, 0.3) is 0 Å². The van der Waals surface area contributed by atoms with Crippen LogP contribution >= 0.6 is 11.8 Å². The number of thioether (sulfide) groups is 1. The van der Waals surface area contributed by atoms with E-state index in [1.165, 1.54) is 0 Å². The molecule has 0 aromatic heterocycles. The van der Waals surface area contributed by atoms with Crippen molar-refractivity contribution in [3.05, 3.63) is 11.8 Å². The summed E-state index contributed by atoms with van der Waals surface area (Å²) < 4.78 is 10.2. The lowest BCUT2D eigenvalue weighted by Gasteiger charge is -1.99. The number of ether oxygens (including phenoxy) is 2. The van der Waals surface area contributed by atoms with E-state index in [2.05, 4.69) is 0 Å². The first-order valence-corrected chi connectivity index (χ1v) is 4.04. The van der Waals surface area contributed by atoms with Gasteiger partial charge in [-0.1, -0.05) is 0 Å². The molecule has 1 aliphatic heterocycles. The topological polar surface area (TPSA) is 18.5 Å². The van der Waals surface area contributed by atoms with E-state index < -0.39 is 0 Å². The van der Waals surface area contributed by atoms with Crippen molar-refractivity contribution in [3.63, 3.8) is 0 Å². The second kappa shape index (κ2) is 3.13. The number of methoxy groups -OCH3 is 1. The monoisotopic (exact) mass is 146 g/mol. The second-order valence-corrected chi connectivity index (χ2v) is 2.69. The SMILES string of the molecule is COC1=CC(SC)OC1. The Labute approximate surface area is 59.2 Å². The van der Waals surface area contributed by atoms with Crippen molar-refractivity contribution in [2.45, 2.75) is 5.44 Å². The van der Waals surface area contributed by atoms with Crippen molar-refractivity contribution in [3.8, 4) is 0 Å². The maximum Gasteiger partial charge on any atom is 0.125 e. The summed E-state index contributed by atoms with van der Waals surface area (Å²) >= 11 is 1.67. The fourth-order valence-electron chi connectivity index (χ4n) is 0.675. The third-order valence-electron chi connectivity index (χ3n) is 1.21. The highest BCUT2D eigenvalue weighted by molar-refractivity contribution is 7.99. The molecule has 0 saturated carbocycles. The lowest BCUT2D eigenvalue weighted by molar-refractivity contribution is 0.151. The van der Waals surface area contributed by atoms with Crippen molar-refractivity contribution in [1.29, 1.82) is 0 Å². The summed E-state index contributed by atoms with van der Waals surface area (Å²) in [7, 11) is 1.66.